The van der Waals surface area contributed by atoms with Crippen molar-refractivity contribution in [2.45, 2.75) is 11.8 Å². The molecule has 0 aliphatic carbocycles. The zero-order chi connectivity index (χ0) is 19.9. The highest BCUT2D eigenvalue weighted by atomic mass is 32.2. The molecule has 0 saturated carbocycles. The molecule has 0 bridgehead atoms. The van der Waals surface area contributed by atoms with E-state index in [9.17, 15) is 9.59 Å². The molecular formula is C23H21NO3S. The van der Waals surface area contributed by atoms with Crippen molar-refractivity contribution < 1.29 is 14.3 Å². The van der Waals surface area contributed by atoms with E-state index >= 15 is 0 Å². The predicted octanol–water partition coefficient (Wildman–Crippen LogP) is 5.23. The number of methoxy groups -OCH3 is 1. The van der Waals surface area contributed by atoms with Gasteiger partial charge >= 0.3 is 0 Å². The molecular weight excluding hydrogens is 370 g/mol. The number of amides is 1. The highest BCUT2D eigenvalue weighted by Crippen LogP contribution is 2.24. The number of thioether (sulfide) groups is 1. The minimum absolute atomic E-state index is 0.0262. The normalized spacial score (nSPS) is 10.4. The van der Waals surface area contributed by atoms with Crippen LogP contribution in [0.5, 0.6) is 5.75 Å². The van der Waals surface area contributed by atoms with Crippen LogP contribution >= 0.6 is 11.8 Å². The molecule has 0 fully saturated rings. The number of anilines is 1. The van der Waals surface area contributed by atoms with Gasteiger partial charge in [0.05, 0.1) is 12.9 Å². The SMILES string of the molecule is COc1cccc(C(=O)CSc2cccc(NC(=O)c3ccccc3C)c2)c1. The summed E-state index contributed by atoms with van der Waals surface area (Å²) in [6.07, 6.45) is 0. The molecule has 0 spiro atoms. The summed E-state index contributed by atoms with van der Waals surface area (Å²) in [5.41, 5.74) is 2.89. The number of hydrogen-bond donors (Lipinski definition) is 1. The first-order chi connectivity index (χ1) is 13.6. The number of hydrogen-bond acceptors (Lipinski definition) is 4. The van der Waals surface area contributed by atoms with Gasteiger partial charge in [-0.2, -0.15) is 0 Å². The average Bonchev–Trinajstić information content (AvgIpc) is 2.72. The molecule has 0 aliphatic heterocycles. The lowest BCUT2D eigenvalue weighted by Gasteiger charge is -2.09. The molecule has 3 aromatic carbocycles. The number of ether oxygens (including phenoxy) is 1. The van der Waals surface area contributed by atoms with Crippen LogP contribution in [0.15, 0.2) is 77.7 Å². The van der Waals surface area contributed by atoms with Crippen LogP contribution in [0.25, 0.3) is 0 Å². The van der Waals surface area contributed by atoms with Gasteiger partial charge in [-0.1, -0.05) is 36.4 Å². The third kappa shape index (κ3) is 5.02. The second-order valence-electron chi connectivity index (χ2n) is 6.24. The van der Waals surface area contributed by atoms with Crippen molar-refractivity contribution >= 4 is 29.1 Å². The van der Waals surface area contributed by atoms with E-state index in [4.69, 9.17) is 4.74 Å². The summed E-state index contributed by atoms with van der Waals surface area (Å²) in [7, 11) is 1.58. The topological polar surface area (TPSA) is 55.4 Å². The van der Waals surface area contributed by atoms with Crippen LogP contribution in [0.2, 0.25) is 0 Å². The van der Waals surface area contributed by atoms with Crippen LogP contribution in [0, 0.1) is 6.92 Å². The van der Waals surface area contributed by atoms with Gasteiger partial charge in [0.25, 0.3) is 5.91 Å². The molecule has 5 heteroatoms. The first-order valence-electron chi connectivity index (χ1n) is 8.84. The van der Waals surface area contributed by atoms with Crippen LogP contribution < -0.4 is 10.1 Å². The third-order valence-corrected chi connectivity index (χ3v) is 5.24. The minimum Gasteiger partial charge on any atom is -0.497 e. The Labute approximate surface area is 168 Å². The Balaban J connectivity index is 1.64. The van der Waals surface area contributed by atoms with Crippen molar-refractivity contribution in [1.82, 2.24) is 0 Å². The first-order valence-corrected chi connectivity index (χ1v) is 9.82. The van der Waals surface area contributed by atoms with Gasteiger partial charge in [0.1, 0.15) is 5.75 Å². The van der Waals surface area contributed by atoms with Crippen LogP contribution in [-0.4, -0.2) is 24.6 Å². The highest BCUT2D eigenvalue weighted by Gasteiger charge is 2.10. The summed E-state index contributed by atoms with van der Waals surface area (Å²) in [6, 6.07) is 22.1. The van der Waals surface area contributed by atoms with E-state index in [2.05, 4.69) is 5.32 Å². The van der Waals surface area contributed by atoms with Gasteiger partial charge in [0.2, 0.25) is 0 Å². The number of nitrogens with one attached hydrogen (secondary N) is 1. The fourth-order valence-corrected chi connectivity index (χ4v) is 3.57. The van der Waals surface area contributed by atoms with E-state index in [1.165, 1.54) is 11.8 Å². The Morgan fingerprint density at radius 2 is 1.75 bits per heavy atom. The Kier molecular flexibility index (Phi) is 6.50. The van der Waals surface area contributed by atoms with E-state index in [1.807, 2.05) is 55.5 Å². The van der Waals surface area contributed by atoms with E-state index in [0.29, 0.717) is 28.3 Å². The van der Waals surface area contributed by atoms with Crippen molar-refractivity contribution in [3.63, 3.8) is 0 Å². The predicted molar refractivity (Wildman–Crippen MR) is 114 cm³/mol. The highest BCUT2D eigenvalue weighted by molar-refractivity contribution is 8.00. The summed E-state index contributed by atoms with van der Waals surface area (Å²) >= 11 is 1.44. The number of ketones is 1. The average molecular weight is 391 g/mol. The quantitative estimate of drug-likeness (QED) is 0.442. The van der Waals surface area contributed by atoms with E-state index in [0.717, 1.165) is 10.5 Å². The molecule has 142 valence electrons. The molecule has 3 rings (SSSR count). The maximum Gasteiger partial charge on any atom is 0.255 e. The van der Waals surface area contributed by atoms with E-state index in [-0.39, 0.29) is 11.7 Å². The Morgan fingerprint density at radius 3 is 2.54 bits per heavy atom. The smallest absolute Gasteiger partial charge is 0.255 e. The van der Waals surface area contributed by atoms with Gasteiger partial charge < -0.3 is 10.1 Å². The Bertz CT molecular complexity index is 1000. The standard InChI is InChI=1S/C23H21NO3S/c1-16-7-3-4-12-21(16)23(26)24-18-9-6-11-20(14-18)28-15-22(25)17-8-5-10-19(13-17)27-2/h3-14H,15H2,1-2H3,(H,24,26). The summed E-state index contributed by atoms with van der Waals surface area (Å²) in [4.78, 5) is 25.8. The molecule has 1 amide bonds. The van der Waals surface area contributed by atoms with Crippen LogP contribution in [-0.2, 0) is 0 Å². The molecule has 0 radical (unpaired) electrons. The lowest BCUT2D eigenvalue weighted by atomic mass is 10.1. The second kappa shape index (κ2) is 9.24. The zero-order valence-corrected chi connectivity index (χ0v) is 16.6. The summed E-state index contributed by atoms with van der Waals surface area (Å²) < 4.78 is 5.17. The first kappa shape index (κ1) is 19.7. The fourth-order valence-electron chi connectivity index (χ4n) is 2.72. The lowest BCUT2D eigenvalue weighted by Crippen LogP contribution is -2.13. The number of carbonyl (C=O) groups excluding carboxylic acids is 2. The van der Waals surface area contributed by atoms with Crippen LogP contribution in [0.3, 0.4) is 0 Å². The zero-order valence-electron chi connectivity index (χ0n) is 15.8. The van der Waals surface area contributed by atoms with Gasteiger partial charge in [-0.25, -0.2) is 0 Å². The summed E-state index contributed by atoms with van der Waals surface area (Å²) in [6.45, 7) is 1.91. The van der Waals surface area contributed by atoms with E-state index in [1.54, 1.807) is 31.4 Å². The Hall–Kier alpha value is -3.05. The molecule has 3 aromatic rings. The number of rotatable bonds is 7. The van der Waals surface area contributed by atoms with Gasteiger partial charge in [0, 0.05) is 21.7 Å². The molecule has 0 heterocycles. The van der Waals surface area contributed by atoms with Crippen molar-refractivity contribution in [3.8, 4) is 5.75 Å². The second-order valence-corrected chi connectivity index (χ2v) is 7.29. The van der Waals surface area contributed by atoms with Crippen LogP contribution in [0.4, 0.5) is 5.69 Å². The van der Waals surface area contributed by atoms with Gasteiger partial charge in [-0.3, -0.25) is 9.59 Å². The molecule has 0 aromatic heterocycles. The molecule has 0 unspecified atom stereocenters. The van der Waals surface area contributed by atoms with Gasteiger partial charge in [0.15, 0.2) is 5.78 Å². The maximum atomic E-state index is 12.5. The van der Waals surface area contributed by atoms with Crippen molar-refractivity contribution in [1.29, 1.82) is 0 Å². The number of Topliss-reactive ketones (excluding diaryl/α,β-unsaturated/α-hetero) is 1. The van der Waals surface area contributed by atoms with Crippen molar-refractivity contribution in [2.24, 2.45) is 0 Å². The molecule has 0 saturated heterocycles. The monoisotopic (exact) mass is 391 g/mol. The molecule has 0 aliphatic rings. The summed E-state index contributed by atoms with van der Waals surface area (Å²) in [5, 5.41) is 2.92. The molecule has 0 atom stereocenters. The number of aryl methyl sites for hydroxylation is 1. The fraction of sp³-hybridized carbons (Fsp3) is 0.130. The van der Waals surface area contributed by atoms with Crippen molar-refractivity contribution in [3.05, 3.63) is 89.5 Å². The largest absolute Gasteiger partial charge is 0.497 e. The van der Waals surface area contributed by atoms with Crippen LogP contribution in [0.1, 0.15) is 26.3 Å². The Morgan fingerprint density at radius 1 is 0.964 bits per heavy atom. The minimum atomic E-state index is -0.146. The van der Waals surface area contributed by atoms with Gasteiger partial charge in [-0.05, 0) is 48.9 Å². The van der Waals surface area contributed by atoms with Gasteiger partial charge in [-0.15, -0.1) is 11.8 Å². The molecule has 4 nitrogen and oxygen atoms in total. The number of benzene rings is 3. The maximum absolute atomic E-state index is 12.5. The summed E-state index contributed by atoms with van der Waals surface area (Å²) in [5.74, 6) is 0.852. The molecule has 1 N–H and O–H groups in total. The number of carbonyl (C=O) groups is 2. The van der Waals surface area contributed by atoms with E-state index < -0.39 is 0 Å². The van der Waals surface area contributed by atoms with Crippen molar-refractivity contribution in [2.75, 3.05) is 18.2 Å². The lowest BCUT2D eigenvalue weighted by molar-refractivity contribution is 0.101. The third-order valence-electron chi connectivity index (χ3n) is 4.24. The molecule has 28 heavy (non-hydrogen) atoms.